The summed E-state index contributed by atoms with van der Waals surface area (Å²) in [4.78, 5) is 16.6. The molecule has 0 fully saturated rings. The van der Waals surface area contributed by atoms with Gasteiger partial charge >= 0.3 is 0 Å². The van der Waals surface area contributed by atoms with Gasteiger partial charge in [-0.3, -0.25) is 9.78 Å². The lowest BCUT2D eigenvalue weighted by Crippen LogP contribution is -2.33. The van der Waals surface area contributed by atoms with Crippen molar-refractivity contribution in [3.63, 3.8) is 0 Å². The summed E-state index contributed by atoms with van der Waals surface area (Å²) in [6.07, 6.45) is 4.55. The molecule has 0 saturated heterocycles. The quantitative estimate of drug-likeness (QED) is 0.376. The maximum atomic E-state index is 12.3. The zero-order valence-corrected chi connectivity index (χ0v) is 15.5. The molecule has 0 bridgehead atoms. The fourth-order valence-electron chi connectivity index (χ4n) is 2.71. The first-order valence-electron chi connectivity index (χ1n) is 8.85. The number of aromatic nitrogens is 1. The molecule has 0 aliphatic carbocycles. The molecule has 0 spiro atoms. The number of hydrogen-bond donors (Lipinski definition) is 2. The molecular weight excluding hydrogens is 354 g/mol. The van der Waals surface area contributed by atoms with Crippen molar-refractivity contribution >= 4 is 23.0 Å². The third-order valence-corrected chi connectivity index (χ3v) is 4.16. The molecule has 0 unspecified atom stereocenters. The molecule has 1 aromatic heterocycles. The Morgan fingerprint density at radius 1 is 1.29 bits per heavy atom. The van der Waals surface area contributed by atoms with Gasteiger partial charge < -0.3 is 9.84 Å². The molecule has 2 aromatic carbocycles. The summed E-state index contributed by atoms with van der Waals surface area (Å²) in [7, 11) is 0. The molecule has 2 N–H and O–H groups in total. The van der Waals surface area contributed by atoms with E-state index in [4.69, 9.17) is 4.74 Å². The molecular formula is C22H21N3O3. The number of nitrogens with one attached hydrogen (secondary N) is 1. The molecule has 6 heteroatoms. The van der Waals surface area contributed by atoms with Crippen molar-refractivity contribution in [3.05, 3.63) is 78.5 Å². The van der Waals surface area contributed by atoms with Gasteiger partial charge in [0.15, 0.2) is 6.10 Å². The zero-order valence-electron chi connectivity index (χ0n) is 15.5. The average Bonchev–Trinajstić information content (AvgIpc) is 2.71. The summed E-state index contributed by atoms with van der Waals surface area (Å²) >= 11 is 0. The van der Waals surface area contributed by atoms with Crippen molar-refractivity contribution in [2.24, 2.45) is 5.10 Å². The molecule has 0 aliphatic rings. The number of carbonyl (C=O) groups is 1. The van der Waals surface area contributed by atoms with Crippen molar-refractivity contribution in [3.8, 4) is 11.5 Å². The Labute approximate surface area is 163 Å². The summed E-state index contributed by atoms with van der Waals surface area (Å²) in [5, 5.41) is 15.1. The smallest absolute Gasteiger partial charge is 0.280 e. The van der Waals surface area contributed by atoms with Gasteiger partial charge in [-0.05, 0) is 37.1 Å². The highest BCUT2D eigenvalue weighted by atomic mass is 16.5. The van der Waals surface area contributed by atoms with Crippen LogP contribution in [-0.4, -0.2) is 28.3 Å². The van der Waals surface area contributed by atoms with Crippen molar-refractivity contribution < 1.29 is 14.6 Å². The molecule has 28 heavy (non-hydrogen) atoms. The van der Waals surface area contributed by atoms with Crippen LogP contribution in [-0.2, 0) is 11.2 Å². The number of para-hydroxylation sites is 2. The van der Waals surface area contributed by atoms with E-state index in [1.165, 1.54) is 6.21 Å². The van der Waals surface area contributed by atoms with Crippen LogP contribution in [0.4, 0.5) is 0 Å². The van der Waals surface area contributed by atoms with E-state index in [0.717, 1.165) is 10.9 Å². The summed E-state index contributed by atoms with van der Waals surface area (Å²) in [6, 6.07) is 14.6. The van der Waals surface area contributed by atoms with Gasteiger partial charge in [-0.1, -0.05) is 36.4 Å². The molecule has 3 aromatic rings. The Morgan fingerprint density at radius 3 is 2.89 bits per heavy atom. The van der Waals surface area contributed by atoms with Crippen molar-refractivity contribution in [2.45, 2.75) is 19.4 Å². The van der Waals surface area contributed by atoms with Gasteiger partial charge in [-0.25, -0.2) is 5.43 Å². The Kier molecular flexibility index (Phi) is 6.01. The molecule has 142 valence electrons. The van der Waals surface area contributed by atoms with Gasteiger partial charge in [-0.2, -0.15) is 5.10 Å². The second kappa shape index (κ2) is 8.81. The summed E-state index contributed by atoms with van der Waals surface area (Å²) in [5.41, 5.74) is 4.37. The minimum absolute atomic E-state index is 0.117. The van der Waals surface area contributed by atoms with Crippen molar-refractivity contribution in [1.82, 2.24) is 10.4 Å². The highest BCUT2D eigenvalue weighted by Crippen LogP contribution is 2.24. The maximum Gasteiger partial charge on any atom is 0.280 e. The number of ether oxygens (including phenoxy) is 1. The number of aromatic hydroxyl groups is 1. The molecule has 1 heterocycles. The number of rotatable bonds is 7. The number of hydrogen-bond acceptors (Lipinski definition) is 5. The second-order valence-corrected chi connectivity index (χ2v) is 6.17. The molecule has 1 amide bonds. The number of carbonyl (C=O) groups excluding carboxylic acids is 1. The van der Waals surface area contributed by atoms with Gasteiger partial charge in [-0.15, -0.1) is 6.58 Å². The highest BCUT2D eigenvalue weighted by molar-refractivity contribution is 5.87. The minimum Gasteiger partial charge on any atom is -0.507 e. The van der Waals surface area contributed by atoms with Crippen LogP contribution in [0.15, 0.2) is 72.5 Å². The van der Waals surface area contributed by atoms with Crippen LogP contribution in [0.2, 0.25) is 0 Å². The molecule has 1 atom stereocenters. The molecule has 6 nitrogen and oxygen atoms in total. The number of hydrazone groups is 1. The predicted molar refractivity (Wildman–Crippen MR) is 110 cm³/mol. The van der Waals surface area contributed by atoms with Gasteiger partial charge in [0.2, 0.25) is 0 Å². The third kappa shape index (κ3) is 4.35. The Bertz CT molecular complexity index is 1030. The fraction of sp³-hybridized carbons (Fsp3) is 0.136. The second-order valence-electron chi connectivity index (χ2n) is 6.17. The van der Waals surface area contributed by atoms with Crippen LogP contribution in [0, 0.1) is 0 Å². The molecule has 0 radical (unpaired) electrons. The summed E-state index contributed by atoms with van der Waals surface area (Å²) in [6.45, 7) is 5.30. The lowest BCUT2D eigenvalue weighted by atomic mass is 10.1. The summed E-state index contributed by atoms with van der Waals surface area (Å²) in [5.74, 6) is 0.233. The number of nitrogens with zero attached hydrogens (tertiary/aromatic N) is 2. The van der Waals surface area contributed by atoms with Crippen molar-refractivity contribution in [2.75, 3.05) is 0 Å². The van der Waals surface area contributed by atoms with Crippen LogP contribution < -0.4 is 10.2 Å². The van der Waals surface area contributed by atoms with E-state index in [9.17, 15) is 9.90 Å². The normalized spacial score (nSPS) is 12.0. The maximum absolute atomic E-state index is 12.3. The van der Waals surface area contributed by atoms with Crippen LogP contribution in [0.5, 0.6) is 11.5 Å². The van der Waals surface area contributed by atoms with Crippen LogP contribution in [0.1, 0.15) is 18.1 Å². The highest BCUT2D eigenvalue weighted by Gasteiger charge is 2.15. The third-order valence-electron chi connectivity index (χ3n) is 4.16. The van der Waals surface area contributed by atoms with E-state index < -0.39 is 12.0 Å². The number of fused-ring (bicyclic) bond motifs is 1. The molecule has 0 aliphatic heterocycles. The van der Waals surface area contributed by atoms with E-state index in [2.05, 4.69) is 22.1 Å². The zero-order chi connectivity index (χ0) is 19.9. The number of phenols is 1. The van der Waals surface area contributed by atoms with Crippen LogP contribution in [0.3, 0.4) is 0 Å². The topological polar surface area (TPSA) is 83.8 Å². The fourth-order valence-corrected chi connectivity index (χ4v) is 2.71. The van der Waals surface area contributed by atoms with Gasteiger partial charge in [0.1, 0.15) is 17.0 Å². The number of allylic oxidation sites excluding steroid dienone is 1. The van der Waals surface area contributed by atoms with E-state index in [1.54, 1.807) is 43.5 Å². The lowest BCUT2D eigenvalue weighted by molar-refractivity contribution is -0.127. The van der Waals surface area contributed by atoms with E-state index in [-0.39, 0.29) is 5.75 Å². The SMILES string of the molecule is C=CCc1cccc(/C=N\NC(=O)[C@H](C)Oc2cccc3cccnc23)c1O. The predicted octanol–water partition coefficient (Wildman–Crippen LogP) is 3.59. The Hall–Kier alpha value is -3.67. The molecule has 3 rings (SSSR count). The summed E-state index contributed by atoms with van der Waals surface area (Å²) < 4.78 is 5.76. The first-order chi connectivity index (χ1) is 13.6. The minimum atomic E-state index is -0.773. The molecule has 0 saturated carbocycles. The first-order valence-corrected chi connectivity index (χ1v) is 8.85. The van der Waals surface area contributed by atoms with Crippen molar-refractivity contribution in [1.29, 1.82) is 0 Å². The van der Waals surface area contributed by atoms with Crippen LogP contribution in [0.25, 0.3) is 10.9 Å². The van der Waals surface area contributed by atoms with E-state index >= 15 is 0 Å². The van der Waals surface area contributed by atoms with Gasteiger partial charge in [0.05, 0.1) is 6.21 Å². The Morgan fingerprint density at radius 2 is 2.07 bits per heavy atom. The van der Waals surface area contributed by atoms with E-state index in [1.807, 2.05) is 24.3 Å². The average molecular weight is 375 g/mol. The monoisotopic (exact) mass is 375 g/mol. The number of pyridine rings is 1. The largest absolute Gasteiger partial charge is 0.507 e. The standard InChI is InChI=1S/C22H21N3O3/c1-3-7-17-9-4-10-18(21(17)26)14-24-25-22(27)15(2)28-19-12-5-8-16-11-6-13-23-20(16)19/h3-6,8-15,26H,1,7H2,2H3,(H,25,27)/b24-14-/t15-/m0/s1. The van der Waals surface area contributed by atoms with Crippen LogP contribution >= 0.6 is 0 Å². The first kappa shape index (κ1) is 19.1. The number of benzene rings is 2. The van der Waals surface area contributed by atoms with Gasteiger partial charge in [0, 0.05) is 17.1 Å². The lowest BCUT2D eigenvalue weighted by Gasteiger charge is -2.14. The van der Waals surface area contributed by atoms with Gasteiger partial charge in [0.25, 0.3) is 5.91 Å². The number of phenolic OH excluding ortho intramolecular Hbond substituents is 1. The Balaban J connectivity index is 1.65. The van der Waals surface area contributed by atoms with E-state index in [0.29, 0.717) is 23.3 Å². The number of amides is 1.